The lowest BCUT2D eigenvalue weighted by molar-refractivity contribution is 0.440. The predicted octanol–water partition coefficient (Wildman–Crippen LogP) is 2.27. The van der Waals surface area contributed by atoms with Crippen LogP contribution in [0.2, 0.25) is 5.15 Å². The highest BCUT2D eigenvalue weighted by molar-refractivity contribution is 6.30. The minimum atomic E-state index is 0.342. The molecule has 7 heteroatoms. The highest BCUT2D eigenvalue weighted by atomic mass is 35.5. The molecule has 0 aromatic carbocycles. The van der Waals surface area contributed by atoms with Crippen LogP contribution in [0.25, 0.3) is 5.78 Å². The zero-order chi connectivity index (χ0) is 12.5. The summed E-state index contributed by atoms with van der Waals surface area (Å²) in [6, 6.07) is 3.58. The third-order valence-electron chi connectivity index (χ3n) is 2.40. The maximum atomic E-state index is 6.03. The van der Waals surface area contributed by atoms with Crippen molar-refractivity contribution in [3.63, 3.8) is 0 Å². The first-order chi connectivity index (χ1) is 8.75. The number of aromatic nitrogens is 5. The summed E-state index contributed by atoms with van der Waals surface area (Å²) in [7, 11) is 0. The third-order valence-corrected chi connectivity index (χ3v) is 2.77. The predicted molar refractivity (Wildman–Crippen MR) is 64.8 cm³/mol. The van der Waals surface area contributed by atoms with Crippen LogP contribution in [0.1, 0.15) is 5.56 Å². The molecule has 0 bridgehead atoms. The zero-order valence-electron chi connectivity index (χ0n) is 9.41. The van der Waals surface area contributed by atoms with Gasteiger partial charge in [0.1, 0.15) is 17.2 Å². The Morgan fingerprint density at radius 2 is 2.28 bits per heavy atom. The van der Waals surface area contributed by atoms with Crippen molar-refractivity contribution in [3.05, 3.63) is 41.6 Å². The zero-order valence-corrected chi connectivity index (χ0v) is 10.2. The van der Waals surface area contributed by atoms with E-state index in [-0.39, 0.29) is 0 Å². The first-order valence-electron chi connectivity index (χ1n) is 5.19. The molecule has 0 saturated carbocycles. The molecule has 0 aliphatic rings. The van der Waals surface area contributed by atoms with Crippen molar-refractivity contribution in [2.45, 2.75) is 6.92 Å². The minimum Gasteiger partial charge on any atom is -0.437 e. The summed E-state index contributed by atoms with van der Waals surface area (Å²) in [5, 5.41) is 4.40. The van der Waals surface area contributed by atoms with Crippen LogP contribution in [0.4, 0.5) is 0 Å². The second kappa shape index (κ2) is 4.23. The molecule has 18 heavy (non-hydrogen) atoms. The van der Waals surface area contributed by atoms with Crippen LogP contribution in [0.15, 0.2) is 30.9 Å². The van der Waals surface area contributed by atoms with E-state index in [4.69, 9.17) is 16.3 Å². The van der Waals surface area contributed by atoms with E-state index in [2.05, 4.69) is 20.1 Å². The molecule has 3 heterocycles. The molecule has 0 saturated heterocycles. The molecule has 0 unspecified atom stereocenters. The van der Waals surface area contributed by atoms with E-state index >= 15 is 0 Å². The van der Waals surface area contributed by atoms with Crippen LogP contribution in [0.5, 0.6) is 11.6 Å². The molecule has 0 N–H and O–H groups in total. The molecule has 3 aromatic rings. The lowest BCUT2D eigenvalue weighted by Crippen LogP contribution is -2.01. The van der Waals surface area contributed by atoms with Crippen molar-refractivity contribution < 1.29 is 4.74 Å². The van der Waals surface area contributed by atoms with Crippen molar-refractivity contribution in [2.24, 2.45) is 0 Å². The molecule has 90 valence electrons. The van der Waals surface area contributed by atoms with Gasteiger partial charge in [-0.05, 0) is 19.1 Å². The second-order valence-corrected chi connectivity index (χ2v) is 3.95. The van der Waals surface area contributed by atoms with Crippen molar-refractivity contribution in [1.29, 1.82) is 0 Å². The molecule has 0 spiro atoms. The third kappa shape index (κ3) is 1.76. The molecular weight excluding hydrogens is 254 g/mol. The summed E-state index contributed by atoms with van der Waals surface area (Å²) in [6.07, 6.45) is 4.68. The summed E-state index contributed by atoms with van der Waals surface area (Å²) in [6.45, 7) is 1.81. The van der Waals surface area contributed by atoms with Gasteiger partial charge in [0.25, 0.3) is 5.78 Å². The Kier molecular flexibility index (Phi) is 2.56. The van der Waals surface area contributed by atoms with Gasteiger partial charge in [-0.3, -0.25) is 4.98 Å². The molecule has 3 aromatic heterocycles. The van der Waals surface area contributed by atoms with Crippen LogP contribution >= 0.6 is 11.6 Å². The lowest BCUT2D eigenvalue weighted by atomic mass is 10.3. The Morgan fingerprint density at radius 3 is 3.06 bits per heavy atom. The lowest BCUT2D eigenvalue weighted by Gasteiger charge is -2.09. The number of ether oxygens (including phenoxy) is 1. The van der Waals surface area contributed by atoms with Gasteiger partial charge in [-0.15, -0.1) is 0 Å². The van der Waals surface area contributed by atoms with Crippen molar-refractivity contribution >= 4 is 17.4 Å². The number of rotatable bonds is 2. The van der Waals surface area contributed by atoms with Gasteiger partial charge in [-0.25, -0.2) is 0 Å². The fourth-order valence-electron chi connectivity index (χ4n) is 1.51. The molecule has 0 aliphatic heterocycles. The van der Waals surface area contributed by atoms with Gasteiger partial charge in [0.15, 0.2) is 0 Å². The molecule has 0 amide bonds. The molecule has 6 nitrogen and oxygen atoms in total. The van der Waals surface area contributed by atoms with Crippen LogP contribution in [-0.2, 0) is 0 Å². The van der Waals surface area contributed by atoms with Gasteiger partial charge in [0.2, 0.25) is 5.88 Å². The molecule has 0 fully saturated rings. The molecule has 3 rings (SSSR count). The van der Waals surface area contributed by atoms with E-state index in [1.54, 1.807) is 24.5 Å². The summed E-state index contributed by atoms with van der Waals surface area (Å²) in [5.41, 5.74) is 0.693. The minimum absolute atomic E-state index is 0.342. The largest absolute Gasteiger partial charge is 0.437 e. The number of pyridine rings is 1. The Balaban J connectivity index is 2.16. The van der Waals surface area contributed by atoms with Crippen molar-refractivity contribution in [1.82, 2.24) is 24.6 Å². The standard InChI is InChI=1S/C11H8ClN5O/c1-7-9(12)16-11-14-6-15-17(11)10(7)18-8-3-2-4-13-5-8/h2-6H,1H3. The van der Waals surface area contributed by atoms with Gasteiger partial charge in [0.05, 0.1) is 6.20 Å². The molecule has 0 atom stereocenters. The smallest absolute Gasteiger partial charge is 0.256 e. The van der Waals surface area contributed by atoms with E-state index in [9.17, 15) is 0 Å². The summed E-state index contributed by atoms with van der Waals surface area (Å²) in [4.78, 5) is 12.1. The van der Waals surface area contributed by atoms with E-state index < -0.39 is 0 Å². The van der Waals surface area contributed by atoms with Gasteiger partial charge in [0, 0.05) is 11.8 Å². The fraction of sp³-hybridized carbons (Fsp3) is 0.0909. The highest BCUT2D eigenvalue weighted by Crippen LogP contribution is 2.28. The fourth-order valence-corrected chi connectivity index (χ4v) is 1.67. The van der Waals surface area contributed by atoms with Gasteiger partial charge in [-0.2, -0.15) is 19.6 Å². The maximum absolute atomic E-state index is 6.03. The number of nitrogens with zero attached hydrogens (tertiary/aromatic N) is 5. The van der Waals surface area contributed by atoms with Crippen LogP contribution < -0.4 is 4.74 Å². The average Bonchev–Trinajstić information content (AvgIpc) is 2.84. The van der Waals surface area contributed by atoms with Crippen LogP contribution in [0, 0.1) is 6.92 Å². The first kappa shape index (κ1) is 10.9. The summed E-state index contributed by atoms with van der Waals surface area (Å²) < 4.78 is 7.23. The van der Waals surface area contributed by atoms with E-state index in [0.717, 1.165) is 0 Å². The van der Waals surface area contributed by atoms with E-state index in [1.165, 1.54) is 10.8 Å². The molecular formula is C11H8ClN5O. The van der Waals surface area contributed by atoms with Gasteiger partial charge >= 0.3 is 0 Å². The van der Waals surface area contributed by atoms with E-state index in [1.807, 2.05) is 6.92 Å². The average molecular weight is 262 g/mol. The SMILES string of the molecule is Cc1c(Cl)nc2ncnn2c1Oc1cccnc1. The van der Waals surface area contributed by atoms with Gasteiger partial charge in [-0.1, -0.05) is 11.6 Å². The topological polar surface area (TPSA) is 65.2 Å². The summed E-state index contributed by atoms with van der Waals surface area (Å²) >= 11 is 6.03. The number of hydrogen-bond acceptors (Lipinski definition) is 5. The van der Waals surface area contributed by atoms with Gasteiger partial charge < -0.3 is 4.74 Å². The normalized spacial score (nSPS) is 10.8. The first-order valence-corrected chi connectivity index (χ1v) is 5.57. The Bertz CT molecular complexity index is 697. The summed E-state index contributed by atoms with van der Waals surface area (Å²) in [5.74, 6) is 1.47. The van der Waals surface area contributed by atoms with E-state index in [0.29, 0.717) is 28.1 Å². The van der Waals surface area contributed by atoms with Crippen LogP contribution in [-0.4, -0.2) is 24.6 Å². The van der Waals surface area contributed by atoms with Crippen molar-refractivity contribution in [3.8, 4) is 11.6 Å². The number of fused-ring (bicyclic) bond motifs is 1. The Labute approximate surface area is 107 Å². The highest BCUT2D eigenvalue weighted by Gasteiger charge is 2.14. The van der Waals surface area contributed by atoms with Crippen molar-refractivity contribution in [2.75, 3.05) is 0 Å². The monoisotopic (exact) mass is 261 g/mol. The number of hydrogen-bond donors (Lipinski definition) is 0. The maximum Gasteiger partial charge on any atom is 0.256 e. The Hall–Kier alpha value is -2.21. The molecule has 0 radical (unpaired) electrons. The Morgan fingerprint density at radius 1 is 1.39 bits per heavy atom. The number of halogens is 1. The second-order valence-electron chi connectivity index (χ2n) is 3.60. The quantitative estimate of drug-likeness (QED) is 0.662. The van der Waals surface area contributed by atoms with Crippen LogP contribution in [0.3, 0.4) is 0 Å². The molecule has 0 aliphatic carbocycles.